The summed E-state index contributed by atoms with van der Waals surface area (Å²) in [4.78, 5) is 1.34. The predicted octanol–water partition coefficient (Wildman–Crippen LogP) is 3.48. The van der Waals surface area contributed by atoms with Crippen molar-refractivity contribution in [1.29, 1.82) is 0 Å². The van der Waals surface area contributed by atoms with Gasteiger partial charge in [-0.15, -0.1) is 11.3 Å². The molecule has 1 aliphatic rings. The van der Waals surface area contributed by atoms with E-state index in [2.05, 4.69) is 40.4 Å². The molecule has 0 bridgehead atoms. The third-order valence-corrected chi connectivity index (χ3v) is 6.04. The average Bonchev–Trinajstić information content (AvgIpc) is 2.83. The SMILES string of the molecule is COC1(C(Cc2ccc(Br)s2)NN)CCC(C)CC1. The number of methoxy groups -OCH3 is 1. The first-order valence-corrected chi connectivity index (χ1v) is 8.46. The first kappa shape index (κ1) is 15.4. The van der Waals surface area contributed by atoms with E-state index in [0.29, 0.717) is 0 Å². The van der Waals surface area contributed by atoms with Gasteiger partial charge in [-0.1, -0.05) is 6.92 Å². The Morgan fingerprint density at radius 1 is 1.53 bits per heavy atom. The largest absolute Gasteiger partial charge is 0.377 e. The minimum Gasteiger partial charge on any atom is -0.377 e. The van der Waals surface area contributed by atoms with E-state index in [1.54, 1.807) is 11.3 Å². The van der Waals surface area contributed by atoms with Crippen LogP contribution in [0, 0.1) is 5.92 Å². The molecule has 3 N–H and O–H groups in total. The van der Waals surface area contributed by atoms with E-state index in [9.17, 15) is 0 Å². The fourth-order valence-corrected chi connectivity index (χ4v) is 4.53. The molecule has 5 heteroatoms. The van der Waals surface area contributed by atoms with Crippen molar-refractivity contribution in [3.8, 4) is 0 Å². The lowest BCUT2D eigenvalue weighted by molar-refractivity contribution is -0.0745. The third kappa shape index (κ3) is 3.58. The number of hydrazine groups is 1. The number of thiophene rings is 1. The fraction of sp³-hybridized carbons (Fsp3) is 0.714. The fourth-order valence-electron chi connectivity index (χ4n) is 3.01. The molecule has 1 aromatic rings. The second-order valence-corrected chi connectivity index (χ2v) is 8.13. The summed E-state index contributed by atoms with van der Waals surface area (Å²) in [6, 6.07) is 4.43. The summed E-state index contributed by atoms with van der Waals surface area (Å²) in [5, 5.41) is 0. The zero-order valence-corrected chi connectivity index (χ0v) is 14.0. The van der Waals surface area contributed by atoms with Crippen molar-refractivity contribution in [1.82, 2.24) is 5.43 Å². The number of hydrogen-bond acceptors (Lipinski definition) is 4. The number of halogens is 1. The van der Waals surface area contributed by atoms with Crippen molar-refractivity contribution < 1.29 is 4.74 Å². The smallest absolute Gasteiger partial charge is 0.0848 e. The van der Waals surface area contributed by atoms with Gasteiger partial charge in [0, 0.05) is 18.4 Å². The van der Waals surface area contributed by atoms with Crippen LogP contribution in [0.3, 0.4) is 0 Å². The number of nitrogens with one attached hydrogen (secondary N) is 1. The van der Waals surface area contributed by atoms with Crippen LogP contribution in [0.4, 0.5) is 0 Å². The van der Waals surface area contributed by atoms with E-state index in [1.165, 1.54) is 21.5 Å². The van der Waals surface area contributed by atoms with E-state index in [-0.39, 0.29) is 11.6 Å². The topological polar surface area (TPSA) is 47.3 Å². The summed E-state index contributed by atoms with van der Waals surface area (Å²) in [7, 11) is 1.82. The Bertz CT molecular complexity index is 402. The van der Waals surface area contributed by atoms with Crippen LogP contribution >= 0.6 is 27.3 Å². The van der Waals surface area contributed by atoms with Gasteiger partial charge < -0.3 is 4.74 Å². The molecular weight excluding hydrogens is 324 g/mol. The minimum atomic E-state index is -0.113. The molecule has 19 heavy (non-hydrogen) atoms. The standard InChI is InChI=1S/C14H23BrN2OS/c1-10-5-7-14(18-2,8-6-10)12(17-16)9-11-3-4-13(15)19-11/h3-4,10,12,17H,5-9,16H2,1-2H3. The van der Waals surface area contributed by atoms with E-state index >= 15 is 0 Å². The van der Waals surface area contributed by atoms with Crippen LogP contribution in [0.25, 0.3) is 0 Å². The highest BCUT2D eigenvalue weighted by molar-refractivity contribution is 9.11. The third-order valence-electron chi connectivity index (χ3n) is 4.40. The molecule has 1 heterocycles. The Hall–Kier alpha value is 0.0600. The van der Waals surface area contributed by atoms with Crippen molar-refractivity contribution >= 4 is 27.3 Å². The Labute approximate surface area is 128 Å². The number of rotatable bonds is 5. The first-order chi connectivity index (χ1) is 9.09. The van der Waals surface area contributed by atoms with Crippen molar-refractivity contribution in [3.63, 3.8) is 0 Å². The van der Waals surface area contributed by atoms with Gasteiger partial charge in [-0.25, -0.2) is 0 Å². The molecule has 1 unspecified atom stereocenters. The molecule has 1 fully saturated rings. The summed E-state index contributed by atoms with van der Waals surface area (Å²) in [5.41, 5.74) is 2.89. The van der Waals surface area contributed by atoms with Crippen molar-refractivity contribution in [2.45, 2.75) is 50.7 Å². The molecule has 3 nitrogen and oxygen atoms in total. The van der Waals surface area contributed by atoms with Crippen LogP contribution in [-0.4, -0.2) is 18.8 Å². The number of nitrogens with two attached hydrogens (primary N) is 1. The van der Waals surface area contributed by atoms with Gasteiger partial charge in [-0.3, -0.25) is 11.3 Å². The molecule has 108 valence electrons. The van der Waals surface area contributed by atoms with Gasteiger partial charge in [0.1, 0.15) is 0 Å². The quantitative estimate of drug-likeness (QED) is 0.633. The summed E-state index contributed by atoms with van der Waals surface area (Å²) in [6.45, 7) is 2.32. The summed E-state index contributed by atoms with van der Waals surface area (Å²) in [5.74, 6) is 6.62. The molecule has 0 aromatic carbocycles. The molecule has 1 aliphatic carbocycles. The summed E-state index contributed by atoms with van der Waals surface area (Å²) < 4.78 is 7.08. The van der Waals surface area contributed by atoms with Crippen LogP contribution in [0.1, 0.15) is 37.5 Å². The summed E-state index contributed by atoms with van der Waals surface area (Å²) in [6.07, 6.45) is 5.55. The highest BCUT2D eigenvalue weighted by Crippen LogP contribution is 2.38. The molecule has 0 radical (unpaired) electrons. The second-order valence-electron chi connectivity index (χ2n) is 5.58. The van der Waals surface area contributed by atoms with Gasteiger partial charge in [0.25, 0.3) is 0 Å². The highest BCUT2D eigenvalue weighted by atomic mass is 79.9. The highest BCUT2D eigenvalue weighted by Gasteiger charge is 2.41. The van der Waals surface area contributed by atoms with Gasteiger partial charge in [-0.05, 0) is 59.7 Å². The van der Waals surface area contributed by atoms with E-state index < -0.39 is 0 Å². The molecule has 0 spiro atoms. The Balaban J connectivity index is 2.10. The zero-order valence-electron chi connectivity index (χ0n) is 11.6. The van der Waals surface area contributed by atoms with E-state index in [4.69, 9.17) is 10.6 Å². The maximum Gasteiger partial charge on any atom is 0.0848 e. The lowest BCUT2D eigenvalue weighted by Crippen LogP contribution is -2.57. The molecule has 1 aromatic heterocycles. The maximum absolute atomic E-state index is 5.91. The van der Waals surface area contributed by atoms with Crippen LogP contribution in [0.15, 0.2) is 15.9 Å². The van der Waals surface area contributed by atoms with Gasteiger partial charge >= 0.3 is 0 Å². The lowest BCUT2D eigenvalue weighted by atomic mass is 9.74. The summed E-state index contributed by atoms with van der Waals surface area (Å²) >= 11 is 5.28. The van der Waals surface area contributed by atoms with Crippen LogP contribution in [-0.2, 0) is 11.2 Å². The average molecular weight is 347 g/mol. The first-order valence-electron chi connectivity index (χ1n) is 6.85. The van der Waals surface area contributed by atoms with Gasteiger partial charge in [-0.2, -0.15) is 0 Å². The predicted molar refractivity (Wildman–Crippen MR) is 84.2 cm³/mol. The Morgan fingerprint density at radius 2 is 2.21 bits per heavy atom. The van der Waals surface area contributed by atoms with Gasteiger partial charge in [0.15, 0.2) is 0 Å². The molecule has 0 aliphatic heterocycles. The van der Waals surface area contributed by atoms with Gasteiger partial charge in [0.05, 0.1) is 15.4 Å². The van der Waals surface area contributed by atoms with Gasteiger partial charge in [0.2, 0.25) is 0 Å². The van der Waals surface area contributed by atoms with Crippen molar-refractivity contribution in [2.75, 3.05) is 7.11 Å². The van der Waals surface area contributed by atoms with Crippen LogP contribution in [0.2, 0.25) is 0 Å². The molecule has 0 saturated heterocycles. The number of hydrogen-bond donors (Lipinski definition) is 2. The zero-order chi connectivity index (χ0) is 13.9. The van der Waals surface area contributed by atoms with E-state index in [0.717, 1.165) is 25.2 Å². The van der Waals surface area contributed by atoms with Crippen LogP contribution in [0.5, 0.6) is 0 Å². The Morgan fingerprint density at radius 3 is 2.68 bits per heavy atom. The lowest BCUT2D eigenvalue weighted by Gasteiger charge is -2.43. The maximum atomic E-state index is 5.91. The van der Waals surface area contributed by atoms with E-state index in [1.807, 2.05) is 7.11 Å². The molecule has 2 rings (SSSR count). The monoisotopic (exact) mass is 346 g/mol. The van der Waals surface area contributed by atoms with Crippen LogP contribution < -0.4 is 11.3 Å². The molecule has 1 saturated carbocycles. The molecule has 0 amide bonds. The Kier molecular flexibility index (Phi) is 5.43. The normalized spacial score (nSPS) is 29.4. The second kappa shape index (κ2) is 6.68. The minimum absolute atomic E-state index is 0.113. The number of ether oxygens (including phenoxy) is 1. The molecule has 1 atom stereocenters. The van der Waals surface area contributed by atoms with Crippen molar-refractivity contribution in [3.05, 3.63) is 20.8 Å². The van der Waals surface area contributed by atoms with Crippen molar-refractivity contribution in [2.24, 2.45) is 11.8 Å². The molecular formula is C14H23BrN2OS.